The van der Waals surface area contributed by atoms with Crippen molar-refractivity contribution in [3.05, 3.63) is 83.1 Å². The van der Waals surface area contributed by atoms with Crippen LogP contribution >= 0.6 is 12.2 Å². The number of thiocarbonyl (C=S) groups is 1. The molecular weight excluding hydrogens is 415 g/mol. The maximum Gasteiger partial charge on any atom is 0.291 e. The van der Waals surface area contributed by atoms with E-state index in [4.69, 9.17) is 16.6 Å². The van der Waals surface area contributed by atoms with Gasteiger partial charge >= 0.3 is 0 Å². The fraction of sp³-hybridized carbons (Fsp3) is 0.174. The molecule has 1 aliphatic carbocycles. The van der Waals surface area contributed by atoms with Gasteiger partial charge in [0, 0.05) is 28.9 Å². The van der Waals surface area contributed by atoms with Crippen molar-refractivity contribution in [1.29, 1.82) is 0 Å². The number of carbonyl (C=O) groups excluding carboxylic acids is 1. The zero-order valence-electron chi connectivity index (χ0n) is 16.9. The van der Waals surface area contributed by atoms with E-state index in [0.29, 0.717) is 10.8 Å². The number of nitrogens with one attached hydrogen (secondary N) is 3. The van der Waals surface area contributed by atoms with Crippen molar-refractivity contribution in [2.24, 2.45) is 5.10 Å². The molecule has 0 saturated carbocycles. The van der Waals surface area contributed by atoms with Crippen LogP contribution in [-0.2, 0) is 6.42 Å². The molecule has 158 valence electrons. The third-order valence-electron chi connectivity index (χ3n) is 4.96. The normalized spacial score (nSPS) is 14.1. The molecule has 0 saturated heterocycles. The van der Waals surface area contributed by atoms with Crippen LogP contribution in [0.3, 0.4) is 0 Å². The summed E-state index contributed by atoms with van der Waals surface area (Å²) in [6, 6.07) is 15.2. The van der Waals surface area contributed by atoms with Gasteiger partial charge in [0.1, 0.15) is 11.6 Å². The summed E-state index contributed by atoms with van der Waals surface area (Å²) in [7, 11) is 0. The monoisotopic (exact) mass is 436 g/mol. The smallest absolute Gasteiger partial charge is 0.291 e. The highest BCUT2D eigenvalue weighted by atomic mass is 32.1. The summed E-state index contributed by atoms with van der Waals surface area (Å²) in [4.78, 5) is 12.7. The van der Waals surface area contributed by atoms with Gasteiger partial charge in [-0.25, -0.2) is 4.39 Å². The molecule has 0 spiro atoms. The SMILES string of the molecule is Cc1c(C(=O)Nc2ccc(F)cc2)oc2c1/C(=N/NC(=S)Nc1ccccc1)CCC2. The van der Waals surface area contributed by atoms with E-state index in [1.807, 2.05) is 37.3 Å². The van der Waals surface area contributed by atoms with Crippen LogP contribution in [0.5, 0.6) is 0 Å². The average molecular weight is 437 g/mol. The first-order chi connectivity index (χ1) is 15.0. The molecule has 31 heavy (non-hydrogen) atoms. The number of hydrazone groups is 1. The van der Waals surface area contributed by atoms with E-state index in [2.05, 4.69) is 21.2 Å². The number of anilines is 2. The molecule has 0 aliphatic heterocycles. The number of fused-ring (bicyclic) bond motifs is 1. The summed E-state index contributed by atoms with van der Waals surface area (Å²) in [6.07, 6.45) is 2.33. The fourth-order valence-electron chi connectivity index (χ4n) is 3.52. The minimum absolute atomic E-state index is 0.230. The predicted octanol–water partition coefficient (Wildman–Crippen LogP) is 5.01. The zero-order valence-corrected chi connectivity index (χ0v) is 17.7. The number of hydrogen-bond donors (Lipinski definition) is 3. The number of benzene rings is 2. The van der Waals surface area contributed by atoms with E-state index in [0.717, 1.165) is 47.5 Å². The van der Waals surface area contributed by atoms with Crippen LogP contribution in [0.2, 0.25) is 0 Å². The molecule has 2 aromatic carbocycles. The lowest BCUT2D eigenvalue weighted by Crippen LogP contribution is -2.26. The average Bonchev–Trinajstić information content (AvgIpc) is 3.12. The van der Waals surface area contributed by atoms with Crippen molar-refractivity contribution in [3.63, 3.8) is 0 Å². The van der Waals surface area contributed by atoms with Crippen LogP contribution in [0.15, 0.2) is 64.1 Å². The van der Waals surface area contributed by atoms with Crippen LogP contribution in [0.4, 0.5) is 15.8 Å². The van der Waals surface area contributed by atoms with Crippen LogP contribution in [0.25, 0.3) is 0 Å². The molecule has 0 bridgehead atoms. The van der Waals surface area contributed by atoms with E-state index in [1.165, 1.54) is 24.3 Å². The second-order valence-electron chi connectivity index (χ2n) is 7.16. The lowest BCUT2D eigenvalue weighted by Gasteiger charge is -2.14. The molecule has 8 heteroatoms. The Morgan fingerprint density at radius 3 is 2.48 bits per heavy atom. The molecule has 6 nitrogen and oxygen atoms in total. The molecule has 0 radical (unpaired) electrons. The van der Waals surface area contributed by atoms with Crippen LogP contribution in [0, 0.1) is 12.7 Å². The lowest BCUT2D eigenvalue weighted by molar-refractivity contribution is 0.0994. The summed E-state index contributed by atoms with van der Waals surface area (Å²) < 4.78 is 19.0. The third-order valence-corrected chi connectivity index (χ3v) is 5.15. The first kappa shape index (κ1) is 20.7. The molecule has 0 atom stereocenters. The number of hydrogen-bond acceptors (Lipinski definition) is 4. The van der Waals surface area contributed by atoms with Gasteiger partial charge in [-0.1, -0.05) is 18.2 Å². The minimum Gasteiger partial charge on any atom is -0.455 e. The molecule has 0 unspecified atom stereocenters. The Hall–Kier alpha value is -3.52. The molecule has 0 fully saturated rings. The Balaban J connectivity index is 1.51. The molecule has 1 amide bonds. The summed E-state index contributed by atoms with van der Waals surface area (Å²) in [5.41, 5.74) is 6.59. The molecular formula is C23H21FN4O2S. The summed E-state index contributed by atoms with van der Waals surface area (Å²) in [5, 5.41) is 10.7. The van der Waals surface area contributed by atoms with Crippen LogP contribution in [-0.4, -0.2) is 16.7 Å². The summed E-state index contributed by atoms with van der Waals surface area (Å²) in [5.74, 6) is 0.215. The molecule has 1 aliphatic rings. The Morgan fingerprint density at radius 2 is 1.74 bits per heavy atom. The number of nitrogens with zero attached hydrogens (tertiary/aromatic N) is 1. The van der Waals surface area contributed by atoms with Gasteiger partial charge in [0.2, 0.25) is 0 Å². The van der Waals surface area contributed by atoms with Crippen molar-refractivity contribution in [1.82, 2.24) is 5.43 Å². The predicted molar refractivity (Wildman–Crippen MR) is 123 cm³/mol. The van der Waals surface area contributed by atoms with Crippen molar-refractivity contribution in [3.8, 4) is 0 Å². The van der Waals surface area contributed by atoms with Gasteiger partial charge in [0.25, 0.3) is 5.91 Å². The number of halogens is 1. The Labute approximate surface area is 184 Å². The Morgan fingerprint density at radius 1 is 1.03 bits per heavy atom. The molecule has 1 aromatic heterocycles. The number of furan rings is 1. The zero-order chi connectivity index (χ0) is 21.8. The van der Waals surface area contributed by atoms with Crippen LogP contribution in [0.1, 0.15) is 40.3 Å². The number of carbonyl (C=O) groups is 1. The molecule has 4 rings (SSSR count). The van der Waals surface area contributed by atoms with Crippen molar-refractivity contribution < 1.29 is 13.6 Å². The lowest BCUT2D eigenvalue weighted by atomic mass is 9.93. The minimum atomic E-state index is -0.382. The standard InChI is InChI=1S/C23H21FN4O2S/c1-14-20-18(27-28-23(31)26-16-6-3-2-4-7-16)8-5-9-19(20)30-21(14)22(29)25-17-12-10-15(24)11-13-17/h2-4,6-7,10-13H,5,8-9H2,1H3,(H,25,29)(H2,26,28,31)/b27-18+. The molecule has 3 aromatic rings. The van der Waals surface area contributed by atoms with Crippen molar-refractivity contribution in [2.45, 2.75) is 26.2 Å². The Kier molecular flexibility index (Phi) is 6.08. The largest absolute Gasteiger partial charge is 0.455 e. The molecule has 1 heterocycles. The number of para-hydroxylation sites is 1. The van der Waals surface area contributed by atoms with Gasteiger partial charge in [0.15, 0.2) is 10.9 Å². The molecule has 3 N–H and O–H groups in total. The highest BCUT2D eigenvalue weighted by molar-refractivity contribution is 7.80. The van der Waals surface area contributed by atoms with E-state index < -0.39 is 0 Å². The van der Waals surface area contributed by atoms with E-state index in [9.17, 15) is 9.18 Å². The Bertz CT molecular complexity index is 1140. The first-order valence-corrected chi connectivity index (χ1v) is 10.3. The summed E-state index contributed by atoms with van der Waals surface area (Å²) in [6.45, 7) is 1.84. The van der Waals surface area contributed by atoms with Gasteiger partial charge < -0.3 is 15.1 Å². The topological polar surface area (TPSA) is 78.7 Å². The van der Waals surface area contributed by atoms with Gasteiger partial charge in [-0.2, -0.15) is 5.10 Å². The van der Waals surface area contributed by atoms with Gasteiger partial charge in [-0.05, 0) is 68.4 Å². The maximum atomic E-state index is 13.1. The number of rotatable bonds is 4. The van der Waals surface area contributed by atoms with E-state index in [-0.39, 0.29) is 17.5 Å². The summed E-state index contributed by atoms with van der Waals surface area (Å²) >= 11 is 5.32. The van der Waals surface area contributed by atoms with Gasteiger partial charge in [-0.15, -0.1) is 0 Å². The number of aryl methyl sites for hydroxylation is 1. The van der Waals surface area contributed by atoms with Crippen molar-refractivity contribution in [2.75, 3.05) is 10.6 Å². The van der Waals surface area contributed by atoms with E-state index in [1.54, 1.807) is 0 Å². The van der Waals surface area contributed by atoms with E-state index >= 15 is 0 Å². The second kappa shape index (κ2) is 9.09. The fourth-order valence-corrected chi connectivity index (χ4v) is 3.68. The first-order valence-electron chi connectivity index (χ1n) is 9.89. The maximum absolute atomic E-state index is 13.1. The number of amides is 1. The highest BCUT2D eigenvalue weighted by Crippen LogP contribution is 2.30. The van der Waals surface area contributed by atoms with Gasteiger partial charge in [-0.3, -0.25) is 10.2 Å². The second-order valence-corrected chi connectivity index (χ2v) is 7.57. The third kappa shape index (κ3) is 4.80. The highest BCUT2D eigenvalue weighted by Gasteiger charge is 2.28. The van der Waals surface area contributed by atoms with Crippen molar-refractivity contribution >= 4 is 40.3 Å². The van der Waals surface area contributed by atoms with Crippen LogP contribution < -0.4 is 16.1 Å². The van der Waals surface area contributed by atoms with Gasteiger partial charge in [0.05, 0.1) is 5.71 Å². The quantitative estimate of drug-likeness (QED) is 0.396.